The van der Waals surface area contributed by atoms with Crippen LogP contribution < -0.4 is 0 Å². The average Bonchev–Trinajstić information content (AvgIpc) is 2.59. The van der Waals surface area contributed by atoms with Crippen molar-refractivity contribution < 1.29 is 14.3 Å². The molecular weight excluding hydrogens is 316 g/mol. The molecule has 6 heteroatoms. The number of halogens is 1. The molecule has 2 amide bonds. The topological polar surface area (TPSA) is 49.9 Å². The van der Waals surface area contributed by atoms with E-state index in [2.05, 4.69) is 6.58 Å². The first-order chi connectivity index (χ1) is 11.1. The van der Waals surface area contributed by atoms with Gasteiger partial charge in [0.15, 0.2) is 0 Å². The number of benzene rings is 1. The van der Waals surface area contributed by atoms with Gasteiger partial charge in [-0.15, -0.1) is 0 Å². The van der Waals surface area contributed by atoms with Crippen molar-refractivity contribution in [2.45, 2.75) is 12.8 Å². The fraction of sp³-hybridized carbons (Fsp3) is 0.412. The van der Waals surface area contributed by atoms with Crippen LogP contribution >= 0.6 is 11.6 Å². The predicted molar refractivity (Wildman–Crippen MR) is 89.5 cm³/mol. The Morgan fingerprint density at radius 3 is 2.35 bits per heavy atom. The van der Waals surface area contributed by atoms with Crippen molar-refractivity contribution in [2.24, 2.45) is 0 Å². The van der Waals surface area contributed by atoms with Gasteiger partial charge in [-0.05, 0) is 24.1 Å². The van der Waals surface area contributed by atoms with Crippen LogP contribution in [0.4, 0.5) is 4.79 Å². The summed E-state index contributed by atoms with van der Waals surface area (Å²) in [5, 5.41) is 0.694. The second kappa shape index (κ2) is 8.58. The van der Waals surface area contributed by atoms with Crippen LogP contribution in [0.5, 0.6) is 0 Å². The quantitative estimate of drug-likeness (QED) is 0.777. The number of hydrogen-bond donors (Lipinski definition) is 0. The number of nitrogens with zero attached hydrogens (tertiary/aromatic N) is 2. The highest BCUT2D eigenvalue weighted by Gasteiger charge is 2.24. The van der Waals surface area contributed by atoms with Gasteiger partial charge in [-0.3, -0.25) is 4.79 Å². The van der Waals surface area contributed by atoms with Crippen LogP contribution in [0.25, 0.3) is 0 Å². The van der Waals surface area contributed by atoms with E-state index in [0.717, 1.165) is 5.56 Å². The number of piperazine rings is 1. The Labute approximate surface area is 141 Å². The molecule has 0 aromatic heterocycles. The zero-order valence-corrected chi connectivity index (χ0v) is 13.8. The monoisotopic (exact) mass is 336 g/mol. The second-order valence-electron chi connectivity index (χ2n) is 5.36. The third kappa shape index (κ3) is 5.28. The highest BCUT2D eigenvalue weighted by molar-refractivity contribution is 6.30. The molecule has 1 aromatic carbocycles. The van der Waals surface area contributed by atoms with Crippen molar-refractivity contribution >= 4 is 23.6 Å². The van der Waals surface area contributed by atoms with Gasteiger partial charge in [0, 0.05) is 37.6 Å². The SMILES string of the molecule is C=CCOC(=O)N1CCN(C(=O)CCc2ccc(Cl)cc2)CC1. The Kier molecular flexibility index (Phi) is 6.47. The lowest BCUT2D eigenvalue weighted by Gasteiger charge is -2.34. The Balaban J connectivity index is 1.74. The zero-order chi connectivity index (χ0) is 16.7. The minimum absolute atomic E-state index is 0.110. The van der Waals surface area contributed by atoms with Gasteiger partial charge in [-0.1, -0.05) is 36.4 Å². The van der Waals surface area contributed by atoms with E-state index in [1.54, 1.807) is 9.80 Å². The lowest BCUT2D eigenvalue weighted by atomic mass is 10.1. The molecule has 1 fully saturated rings. The van der Waals surface area contributed by atoms with E-state index < -0.39 is 0 Å². The Hall–Kier alpha value is -2.01. The molecule has 0 aliphatic carbocycles. The van der Waals surface area contributed by atoms with Crippen molar-refractivity contribution in [3.05, 3.63) is 47.5 Å². The number of rotatable bonds is 5. The van der Waals surface area contributed by atoms with Crippen molar-refractivity contribution in [1.82, 2.24) is 9.80 Å². The maximum Gasteiger partial charge on any atom is 0.410 e. The van der Waals surface area contributed by atoms with Gasteiger partial charge in [0.1, 0.15) is 6.61 Å². The number of carbonyl (C=O) groups excluding carboxylic acids is 2. The number of amides is 2. The van der Waals surface area contributed by atoms with Crippen molar-refractivity contribution in [1.29, 1.82) is 0 Å². The summed E-state index contributed by atoms with van der Waals surface area (Å²) in [6.45, 7) is 5.81. The highest BCUT2D eigenvalue weighted by Crippen LogP contribution is 2.12. The summed E-state index contributed by atoms with van der Waals surface area (Å²) in [4.78, 5) is 27.4. The van der Waals surface area contributed by atoms with Crippen LogP contribution in [0, 0.1) is 0 Å². The smallest absolute Gasteiger partial charge is 0.410 e. The van der Waals surface area contributed by atoms with Gasteiger partial charge in [0.05, 0.1) is 0 Å². The third-order valence-corrected chi connectivity index (χ3v) is 4.01. The van der Waals surface area contributed by atoms with E-state index >= 15 is 0 Å². The maximum absolute atomic E-state index is 12.2. The van der Waals surface area contributed by atoms with Gasteiger partial charge in [-0.25, -0.2) is 4.79 Å². The first-order valence-electron chi connectivity index (χ1n) is 7.65. The maximum atomic E-state index is 12.2. The van der Waals surface area contributed by atoms with Gasteiger partial charge in [-0.2, -0.15) is 0 Å². The Morgan fingerprint density at radius 1 is 1.13 bits per heavy atom. The van der Waals surface area contributed by atoms with E-state index in [-0.39, 0.29) is 18.6 Å². The fourth-order valence-electron chi connectivity index (χ4n) is 2.42. The minimum atomic E-state index is -0.349. The summed E-state index contributed by atoms with van der Waals surface area (Å²) < 4.78 is 5.00. The van der Waals surface area contributed by atoms with Crippen molar-refractivity contribution in [2.75, 3.05) is 32.8 Å². The summed E-state index contributed by atoms with van der Waals surface area (Å²) in [6.07, 6.45) is 2.34. The number of ether oxygens (including phenoxy) is 1. The molecule has 0 radical (unpaired) electrons. The van der Waals surface area contributed by atoms with Gasteiger partial charge in [0.2, 0.25) is 5.91 Å². The van der Waals surface area contributed by atoms with Crippen LogP contribution in [0.2, 0.25) is 5.02 Å². The lowest BCUT2D eigenvalue weighted by Crippen LogP contribution is -2.50. The van der Waals surface area contributed by atoms with Crippen LogP contribution in [-0.2, 0) is 16.0 Å². The van der Waals surface area contributed by atoms with E-state index in [1.807, 2.05) is 24.3 Å². The van der Waals surface area contributed by atoms with Crippen LogP contribution in [0.3, 0.4) is 0 Å². The van der Waals surface area contributed by atoms with Crippen molar-refractivity contribution in [3.63, 3.8) is 0 Å². The first kappa shape index (κ1) is 17.3. The first-order valence-corrected chi connectivity index (χ1v) is 8.03. The molecule has 124 valence electrons. The van der Waals surface area contributed by atoms with Crippen LogP contribution in [-0.4, -0.2) is 54.6 Å². The highest BCUT2D eigenvalue weighted by atomic mass is 35.5. The molecule has 0 atom stereocenters. The Bertz CT molecular complexity index is 551. The molecule has 1 aliphatic rings. The third-order valence-electron chi connectivity index (χ3n) is 3.76. The van der Waals surface area contributed by atoms with E-state index in [0.29, 0.717) is 44.0 Å². The normalized spacial score (nSPS) is 14.5. The molecule has 1 aromatic rings. The summed E-state index contributed by atoms with van der Waals surface area (Å²) in [7, 11) is 0. The van der Waals surface area contributed by atoms with E-state index in [1.165, 1.54) is 6.08 Å². The molecule has 0 saturated carbocycles. The lowest BCUT2D eigenvalue weighted by molar-refractivity contribution is -0.132. The molecule has 5 nitrogen and oxygen atoms in total. The number of carbonyl (C=O) groups is 2. The van der Waals surface area contributed by atoms with Crippen molar-refractivity contribution in [3.8, 4) is 0 Å². The van der Waals surface area contributed by atoms with Gasteiger partial charge >= 0.3 is 6.09 Å². The molecule has 0 bridgehead atoms. The molecule has 23 heavy (non-hydrogen) atoms. The fourth-order valence-corrected chi connectivity index (χ4v) is 2.55. The molecule has 0 N–H and O–H groups in total. The zero-order valence-electron chi connectivity index (χ0n) is 13.0. The molecule has 0 spiro atoms. The second-order valence-corrected chi connectivity index (χ2v) is 5.80. The molecule has 1 aliphatic heterocycles. The minimum Gasteiger partial charge on any atom is -0.445 e. The summed E-state index contributed by atoms with van der Waals surface area (Å²) in [5.41, 5.74) is 1.09. The van der Waals surface area contributed by atoms with Crippen LogP contribution in [0.15, 0.2) is 36.9 Å². The average molecular weight is 337 g/mol. The Morgan fingerprint density at radius 2 is 1.74 bits per heavy atom. The molecule has 0 unspecified atom stereocenters. The number of aryl methyl sites for hydroxylation is 1. The predicted octanol–water partition coefficient (Wildman–Crippen LogP) is 2.74. The van der Waals surface area contributed by atoms with E-state index in [4.69, 9.17) is 16.3 Å². The van der Waals surface area contributed by atoms with Gasteiger partial charge in [0.25, 0.3) is 0 Å². The summed E-state index contributed by atoms with van der Waals surface area (Å²) in [5.74, 6) is 0.110. The standard InChI is InChI=1S/C17H21ClN2O3/c1-2-13-23-17(22)20-11-9-19(10-12-20)16(21)8-5-14-3-6-15(18)7-4-14/h2-4,6-7H,1,5,8-13H2. The molecule has 2 rings (SSSR count). The molecule has 1 heterocycles. The molecular formula is C17H21ClN2O3. The molecule has 1 saturated heterocycles. The summed E-state index contributed by atoms with van der Waals surface area (Å²) in [6, 6.07) is 7.52. The van der Waals surface area contributed by atoms with Gasteiger partial charge < -0.3 is 14.5 Å². The summed E-state index contributed by atoms with van der Waals surface area (Å²) >= 11 is 5.84. The number of hydrogen-bond acceptors (Lipinski definition) is 3. The van der Waals surface area contributed by atoms with Crippen LogP contribution in [0.1, 0.15) is 12.0 Å². The largest absolute Gasteiger partial charge is 0.445 e. The van der Waals surface area contributed by atoms with E-state index in [9.17, 15) is 9.59 Å².